The first-order chi connectivity index (χ1) is 8.36. The minimum Gasteiger partial charge on any atom is -0.378 e. The van der Waals surface area contributed by atoms with Crippen LogP contribution in [0.4, 0.5) is 0 Å². The highest BCUT2D eigenvalue weighted by Gasteiger charge is 2.02. The molecule has 0 aliphatic rings. The summed E-state index contributed by atoms with van der Waals surface area (Å²) in [7, 11) is 0. The van der Waals surface area contributed by atoms with E-state index in [0.717, 1.165) is 45.6 Å². The predicted molar refractivity (Wildman–Crippen MR) is 65.2 cm³/mol. The van der Waals surface area contributed by atoms with Crippen LogP contribution in [0.15, 0.2) is 18.7 Å². The Hall–Kier alpha value is -1.34. The van der Waals surface area contributed by atoms with Gasteiger partial charge in [0.15, 0.2) is 0 Å². The van der Waals surface area contributed by atoms with E-state index in [1.54, 1.807) is 0 Å². The van der Waals surface area contributed by atoms with Crippen molar-refractivity contribution in [3.05, 3.63) is 18.7 Å². The Morgan fingerprint density at radius 1 is 1.35 bits per heavy atom. The molecule has 17 heavy (non-hydrogen) atoms. The normalized spacial score (nSPS) is 10.4. The summed E-state index contributed by atoms with van der Waals surface area (Å²) >= 11 is 0. The average Bonchev–Trinajstić information content (AvgIpc) is 2.77. The molecule has 0 saturated carbocycles. The molecule has 4 heteroatoms. The smallest absolute Gasteiger partial charge is 0.243 e. The minimum absolute atomic E-state index is 0.681. The Bertz CT molecular complexity index is 341. The lowest BCUT2D eigenvalue weighted by molar-refractivity contribution is -0.696. The molecule has 0 N–H and O–H groups in total. The third kappa shape index (κ3) is 6.08. The zero-order chi connectivity index (χ0) is 12.3. The maximum absolute atomic E-state index is 8.42. The number of hydrogen-bond acceptors (Lipinski definition) is 2. The zero-order valence-corrected chi connectivity index (χ0v) is 10.6. The van der Waals surface area contributed by atoms with Crippen LogP contribution in [0.5, 0.6) is 0 Å². The van der Waals surface area contributed by atoms with Crippen LogP contribution in [0.1, 0.15) is 32.6 Å². The van der Waals surface area contributed by atoms with Crippen molar-refractivity contribution in [2.24, 2.45) is 0 Å². The van der Waals surface area contributed by atoms with Crippen LogP contribution >= 0.6 is 0 Å². The molecule has 0 radical (unpaired) electrons. The van der Waals surface area contributed by atoms with Gasteiger partial charge in [-0.2, -0.15) is 5.26 Å². The van der Waals surface area contributed by atoms with Crippen LogP contribution in [-0.4, -0.2) is 17.8 Å². The molecule has 0 atom stereocenters. The molecular weight excluding hydrogens is 214 g/mol. The third-order valence-corrected chi connectivity index (χ3v) is 2.65. The highest BCUT2D eigenvalue weighted by molar-refractivity contribution is 4.68. The maximum Gasteiger partial charge on any atom is 0.243 e. The van der Waals surface area contributed by atoms with Gasteiger partial charge in [-0.25, -0.2) is 9.13 Å². The number of imidazole rings is 1. The van der Waals surface area contributed by atoms with Crippen molar-refractivity contribution in [1.29, 1.82) is 5.26 Å². The van der Waals surface area contributed by atoms with Gasteiger partial charge in [0.25, 0.3) is 0 Å². The molecule has 1 aromatic rings. The van der Waals surface area contributed by atoms with E-state index >= 15 is 0 Å². The summed E-state index contributed by atoms with van der Waals surface area (Å²) in [5.41, 5.74) is 0. The van der Waals surface area contributed by atoms with Gasteiger partial charge in [-0.05, 0) is 26.2 Å². The number of nitriles is 1. The lowest BCUT2D eigenvalue weighted by Crippen LogP contribution is -2.31. The zero-order valence-electron chi connectivity index (χ0n) is 10.6. The maximum atomic E-state index is 8.42. The van der Waals surface area contributed by atoms with Crippen LogP contribution in [0, 0.1) is 11.3 Å². The summed E-state index contributed by atoms with van der Waals surface area (Å²) in [4.78, 5) is 0. The molecule has 0 saturated heterocycles. The minimum atomic E-state index is 0.681. The molecule has 0 amide bonds. The van der Waals surface area contributed by atoms with E-state index in [0.29, 0.717) is 6.42 Å². The lowest BCUT2D eigenvalue weighted by Gasteiger charge is -1.97. The predicted octanol–water partition coefficient (Wildman–Crippen LogP) is 1.90. The Morgan fingerprint density at radius 2 is 2.24 bits per heavy atom. The summed E-state index contributed by atoms with van der Waals surface area (Å²) in [6, 6.07) is 2.17. The number of aromatic nitrogens is 2. The van der Waals surface area contributed by atoms with E-state index in [1.165, 1.54) is 0 Å². The number of nitrogens with zero attached hydrogens (tertiary/aromatic N) is 3. The second-order valence-electron chi connectivity index (χ2n) is 4.05. The van der Waals surface area contributed by atoms with Gasteiger partial charge in [-0.15, -0.1) is 0 Å². The van der Waals surface area contributed by atoms with Crippen LogP contribution in [0.2, 0.25) is 0 Å². The topological polar surface area (TPSA) is 41.8 Å². The molecule has 0 fully saturated rings. The van der Waals surface area contributed by atoms with Crippen LogP contribution in [-0.2, 0) is 17.8 Å². The summed E-state index contributed by atoms with van der Waals surface area (Å²) < 4.78 is 9.65. The Morgan fingerprint density at radius 3 is 3.00 bits per heavy atom. The van der Waals surface area contributed by atoms with E-state index in [9.17, 15) is 0 Å². The monoisotopic (exact) mass is 236 g/mol. The van der Waals surface area contributed by atoms with Crippen LogP contribution in [0.25, 0.3) is 0 Å². The fourth-order valence-corrected chi connectivity index (χ4v) is 1.69. The van der Waals surface area contributed by atoms with Crippen molar-refractivity contribution in [2.45, 2.75) is 45.7 Å². The summed E-state index contributed by atoms with van der Waals surface area (Å²) in [5, 5.41) is 8.42. The largest absolute Gasteiger partial charge is 0.378 e. The van der Waals surface area contributed by atoms with Crippen molar-refractivity contribution < 1.29 is 9.30 Å². The van der Waals surface area contributed by atoms with E-state index in [4.69, 9.17) is 10.00 Å². The molecule has 0 spiro atoms. The van der Waals surface area contributed by atoms with Crippen molar-refractivity contribution >= 4 is 0 Å². The second kappa shape index (κ2) is 8.77. The number of aryl methyl sites for hydroxylation is 1. The van der Waals surface area contributed by atoms with Gasteiger partial charge >= 0.3 is 0 Å². The molecule has 0 aliphatic heterocycles. The number of ether oxygens (including phenoxy) is 1. The van der Waals surface area contributed by atoms with Gasteiger partial charge in [0.05, 0.1) is 19.2 Å². The van der Waals surface area contributed by atoms with Gasteiger partial charge < -0.3 is 4.74 Å². The number of rotatable bonds is 9. The average molecular weight is 236 g/mol. The molecule has 1 heterocycles. The Labute approximate surface area is 103 Å². The standard InChI is InChI=1S/C13H22N3O/c1-2-17-12-11-16-10-9-15(13-16)8-6-4-3-5-7-14/h9-10,13H,2-6,8,11-12H2,1H3/q+1. The van der Waals surface area contributed by atoms with Crippen molar-refractivity contribution in [3.8, 4) is 6.07 Å². The summed E-state index contributed by atoms with van der Waals surface area (Å²) in [6.45, 7) is 5.51. The first-order valence-corrected chi connectivity index (χ1v) is 6.36. The van der Waals surface area contributed by atoms with E-state index in [-0.39, 0.29) is 0 Å². The fraction of sp³-hybridized carbons (Fsp3) is 0.692. The third-order valence-electron chi connectivity index (χ3n) is 2.65. The lowest BCUT2D eigenvalue weighted by atomic mass is 10.2. The highest BCUT2D eigenvalue weighted by Crippen LogP contribution is 1.98. The molecule has 0 unspecified atom stereocenters. The molecule has 0 aliphatic carbocycles. The Kier molecular flexibility index (Phi) is 7.08. The number of unbranched alkanes of at least 4 members (excludes halogenated alkanes) is 3. The van der Waals surface area contributed by atoms with Crippen molar-refractivity contribution in [1.82, 2.24) is 4.57 Å². The van der Waals surface area contributed by atoms with Gasteiger partial charge in [-0.3, -0.25) is 0 Å². The van der Waals surface area contributed by atoms with E-state index in [2.05, 4.69) is 33.9 Å². The Balaban J connectivity index is 2.15. The van der Waals surface area contributed by atoms with Gasteiger partial charge in [0.2, 0.25) is 6.33 Å². The highest BCUT2D eigenvalue weighted by atomic mass is 16.5. The van der Waals surface area contributed by atoms with Gasteiger partial charge in [-0.1, -0.05) is 0 Å². The van der Waals surface area contributed by atoms with Crippen LogP contribution < -0.4 is 4.57 Å². The van der Waals surface area contributed by atoms with Gasteiger partial charge in [0, 0.05) is 13.0 Å². The molecular formula is C13H22N3O+. The van der Waals surface area contributed by atoms with Gasteiger partial charge in [0.1, 0.15) is 18.9 Å². The van der Waals surface area contributed by atoms with Crippen molar-refractivity contribution in [3.63, 3.8) is 0 Å². The molecule has 0 bridgehead atoms. The summed E-state index contributed by atoms with van der Waals surface area (Å²) in [6.07, 6.45) is 10.3. The van der Waals surface area contributed by atoms with Crippen molar-refractivity contribution in [2.75, 3.05) is 13.2 Å². The summed E-state index contributed by atoms with van der Waals surface area (Å²) in [5.74, 6) is 0. The van der Waals surface area contributed by atoms with Crippen LogP contribution in [0.3, 0.4) is 0 Å². The number of hydrogen-bond donors (Lipinski definition) is 0. The first-order valence-electron chi connectivity index (χ1n) is 6.36. The SMILES string of the molecule is CCOCCn1cc[n+](CCCCCC#N)c1. The fourth-order valence-electron chi connectivity index (χ4n) is 1.69. The molecule has 1 aromatic heterocycles. The van der Waals surface area contributed by atoms with E-state index < -0.39 is 0 Å². The quantitative estimate of drug-likeness (QED) is 0.485. The molecule has 94 valence electrons. The molecule has 4 nitrogen and oxygen atoms in total. The second-order valence-corrected chi connectivity index (χ2v) is 4.05. The van der Waals surface area contributed by atoms with E-state index in [1.807, 2.05) is 6.92 Å². The first kappa shape index (κ1) is 13.7. The molecule has 1 rings (SSSR count). The molecule has 0 aromatic carbocycles.